The molecule has 1 aliphatic carbocycles. The van der Waals surface area contributed by atoms with Gasteiger partial charge in [0, 0.05) is 47.8 Å². The van der Waals surface area contributed by atoms with Gasteiger partial charge in [0.25, 0.3) is 10.2 Å². The van der Waals surface area contributed by atoms with Crippen LogP contribution in [0.4, 0.5) is 10.1 Å². The smallest absolute Gasteiger partial charge is 0.279 e. The summed E-state index contributed by atoms with van der Waals surface area (Å²) in [6, 6.07) is 11.0. The fraction of sp³-hybridized carbons (Fsp3) is 0.462. The Balaban J connectivity index is 1.68. The van der Waals surface area contributed by atoms with E-state index >= 15 is 0 Å². The van der Waals surface area contributed by atoms with Crippen LogP contribution in [-0.4, -0.2) is 56.1 Å². The van der Waals surface area contributed by atoms with Crippen molar-refractivity contribution in [1.82, 2.24) is 14.3 Å². The summed E-state index contributed by atoms with van der Waals surface area (Å²) in [6.07, 6.45) is 4.77. The molecule has 206 valence electrons. The van der Waals surface area contributed by atoms with Crippen molar-refractivity contribution >= 4 is 50.9 Å². The number of nitrogens with one attached hydrogen (secondary N) is 2. The van der Waals surface area contributed by atoms with E-state index in [1.54, 1.807) is 30.3 Å². The number of hydrogen-bond donors (Lipinski definition) is 2. The molecule has 2 aliphatic rings. The highest BCUT2D eigenvalue weighted by molar-refractivity contribution is 7.87. The van der Waals surface area contributed by atoms with Gasteiger partial charge in [-0.05, 0) is 37.1 Å². The summed E-state index contributed by atoms with van der Waals surface area (Å²) in [4.78, 5) is 29.1. The molecule has 1 saturated carbocycles. The zero-order chi connectivity index (χ0) is 27.3. The van der Waals surface area contributed by atoms with Crippen LogP contribution in [0.5, 0.6) is 0 Å². The molecule has 1 aliphatic heterocycles. The summed E-state index contributed by atoms with van der Waals surface area (Å²) in [5.74, 6) is -2.12. The van der Waals surface area contributed by atoms with Gasteiger partial charge >= 0.3 is 0 Å². The van der Waals surface area contributed by atoms with E-state index in [0.29, 0.717) is 5.56 Å². The Kier molecular flexibility index (Phi) is 9.64. The Morgan fingerprint density at radius 1 is 1.08 bits per heavy atom. The van der Waals surface area contributed by atoms with Crippen LogP contribution in [0.1, 0.15) is 43.7 Å². The molecule has 0 radical (unpaired) electrons. The number of carbonyl (C=O) groups excluding carboxylic acids is 2. The topological polar surface area (TPSA) is 98.8 Å². The first kappa shape index (κ1) is 28.8. The van der Waals surface area contributed by atoms with Crippen molar-refractivity contribution in [3.8, 4) is 0 Å². The monoisotopic (exact) mass is 584 g/mol. The van der Waals surface area contributed by atoms with Gasteiger partial charge in [-0.2, -0.15) is 12.7 Å². The van der Waals surface area contributed by atoms with Crippen molar-refractivity contribution in [2.24, 2.45) is 5.92 Å². The number of anilines is 1. The molecule has 0 spiro atoms. The number of amides is 2. The zero-order valence-corrected chi connectivity index (χ0v) is 23.1. The van der Waals surface area contributed by atoms with Gasteiger partial charge in [-0.25, -0.2) is 9.11 Å². The molecule has 2 amide bonds. The molecule has 12 heteroatoms. The highest BCUT2D eigenvalue weighted by Crippen LogP contribution is 2.35. The van der Waals surface area contributed by atoms with Gasteiger partial charge in [-0.15, -0.1) is 11.6 Å². The van der Waals surface area contributed by atoms with E-state index in [1.807, 2.05) is 0 Å². The number of carbonyl (C=O) groups is 2. The highest BCUT2D eigenvalue weighted by Gasteiger charge is 2.45. The van der Waals surface area contributed by atoms with E-state index in [4.69, 9.17) is 23.2 Å². The number of halogens is 3. The van der Waals surface area contributed by atoms with Gasteiger partial charge in [0.1, 0.15) is 11.9 Å². The molecule has 0 aromatic heterocycles. The van der Waals surface area contributed by atoms with Crippen LogP contribution in [0.15, 0.2) is 48.5 Å². The molecular weight excluding hydrogens is 554 g/mol. The Hall–Kier alpha value is -2.24. The third-order valence-electron chi connectivity index (χ3n) is 6.90. The minimum atomic E-state index is -3.80. The molecule has 38 heavy (non-hydrogen) atoms. The van der Waals surface area contributed by atoms with Gasteiger partial charge in [0.15, 0.2) is 0 Å². The standard InChI is InChI=1S/C26H31Cl2FN4O4S/c27-13-14-30-38(36,37)32-16-18(17-32)26(35)33(21-10-6-7-19(29)15-21)24(22-11-4-5-12-23(22)28)25(34)31-20-8-2-1-3-9-20/h4-7,10-12,15,18,20,24,30H,1-3,8-9,13-14,16-17H2,(H,31,34). The van der Waals surface area contributed by atoms with Crippen LogP contribution < -0.4 is 14.9 Å². The molecule has 1 saturated heterocycles. The quantitative estimate of drug-likeness (QED) is 0.412. The lowest BCUT2D eigenvalue weighted by Gasteiger charge is -2.41. The summed E-state index contributed by atoms with van der Waals surface area (Å²) in [5.41, 5.74) is 0.577. The lowest BCUT2D eigenvalue weighted by molar-refractivity contribution is -0.130. The Morgan fingerprint density at radius 2 is 1.79 bits per heavy atom. The largest absolute Gasteiger partial charge is 0.351 e. The summed E-state index contributed by atoms with van der Waals surface area (Å²) < 4.78 is 42.8. The summed E-state index contributed by atoms with van der Waals surface area (Å²) in [7, 11) is -3.80. The van der Waals surface area contributed by atoms with Gasteiger partial charge in [0.2, 0.25) is 11.8 Å². The van der Waals surface area contributed by atoms with Gasteiger partial charge in [0.05, 0.1) is 5.92 Å². The van der Waals surface area contributed by atoms with E-state index in [1.165, 1.54) is 23.1 Å². The first-order valence-corrected chi connectivity index (χ1v) is 15.0. The molecule has 0 bridgehead atoms. The van der Waals surface area contributed by atoms with Crippen LogP contribution in [0.3, 0.4) is 0 Å². The van der Waals surface area contributed by atoms with E-state index in [9.17, 15) is 22.4 Å². The Labute approximate surface area is 232 Å². The third kappa shape index (κ3) is 6.66. The van der Waals surface area contributed by atoms with E-state index in [0.717, 1.165) is 36.4 Å². The predicted octanol–water partition coefficient (Wildman–Crippen LogP) is 4.01. The van der Waals surface area contributed by atoms with E-state index < -0.39 is 39.8 Å². The normalized spacial score (nSPS) is 18.0. The van der Waals surface area contributed by atoms with Crippen LogP contribution in [-0.2, 0) is 19.8 Å². The molecule has 1 heterocycles. The number of hydrogen-bond acceptors (Lipinski definition) is 4. The highest BCUT2D eigenvalue weighted by atomic mass is 35.5. The van der Waals surface area contributed by atoms with Crippen molar-refractivity contribution in [2.75, 3.05) is 30.4 Å². The fourth-order valence-electron chi connectivity index (χ4n) is 4.90. The minimum absolute atomic E-state index is 0.0388. The van der Waals surface area contributed by atoms with E-state index in [2.05, 4.69) is 10.0 Å². The average Bonchev–Trinajstić information content (AvgIpc) is 2.86. The second-order valence-corrected chi connectivity index (χ2v) is 12.1. The molecule has 8 nitrogen and oxygen atoms in total. The van der Waals surface area contributed by atoms with Crippen LogP contribution in [0, 0.1) is 11.7 Å². The fourth-order valence-corrected chi connectivity index (χ4v) is 6.64. The number of alkyl halides is 1. The van der Waals surface area contributed by atoms with Crippen molar-refractivity contribution < 1.29 is 22.4 Å². The number of nitrogens with zero attached hydrogens (tertiary/aromatic N) is 2. The first-order chi connectivity index (χ1) is 18.2. The van der Waals surface area contributed by atoms with Crippen molar-refractivity contribution in [1.29, 1.82) is 0 Å². The van der Waals surface area contributed by atoms with Crippen molar-refractivity contribution in [2.45, 2.75) is 44.2 Å². The first-order valence-electron chi connectivity index (χ1n) is 12.7. The SMILES string of the molecule is O=C(NC1CCCCC1)C(c1ccccc1Cl)N(C(=O)C1CN(S(=O)(=O)NCCCl)C1)c1cccc(F)c1. The molecule has 1 atom stereocenters. The Bertz CT molecular complexity index is 1250. The maximum absolute atomic E-state index is 14.4. The molecule has 2 aromatic rings. The third-order valence-corrected chi connectivity index (χ3v) is 8.98. The maximum Gasteiger partial charge on any atom is 0.279 e. The average molecular weight is 586 g/mol. The second-order valence-electron chi connectivity index (χ2n) is 9.56. The summed E-state index contributed by atoms with van der Waals surface area (Å²) in [5, 5.41) is 3.37. The van der Waals surface area contributed by atoms with Crippen molar-refractivity contribution in [3.63, 3.8) is 0 Å². The molecular formula is C26H31Cl2FN4O4S. The lowest BCUT2D eigenvalue weighted by atomic mass is 9.93. The lowest BCUT2D eigenvalue weighted by Crippen LogP contribution is -2.60. The van der Waals surface area contributed by atoms with Crippen LogP contribution in [0.25, 0.3) is 0 Å². The zero-order valence-electron chi connectivity index (χ0n) is 20.8. The van der Waals surface area contributed by atoms with E-state index in [-0.39, 0.29) is 42.3 Å². The maximum atomic E-state index is 14.4. The van der Waals surface area contributed by atoms with Crippen molar-refractivity contribution in [3.05, 3.63) is 64.9 Å². The molecule has 2 N–H and O–H groups in total. The molecule has 2 fully saturated rings. The minimum Gasteiger partial charge on any atom is -0.351 e. The summed E-state index contributed by atoms with van der Waals surface area (Å²) in [6.45, 7) is -0.103. The second kappa shape index (κ2) is 12.7. The molecule has 1 unspecified atom stereocenters. The van der Waals surface area contributed by atoms with Crippen LogP contribution in [0.2, 0.25) is 5.02 Å². The molecule has 2 aromatic carbocycles. The Morgan fingerprint density at radius 3 is 2.45 bits per heavy atom. The number of benzene rings is 2. The molecule has 4 rings (SSSR count). The summed E-state index contributed by atoms with van der Waals surface area (Å²) >= 11 is 12.1. The van der Waals surface area contributed by atoms with Gasteiger partial charge < -0.3 is 5.32 Å². The number of rotatable bonds is 10. The van der Waals surface area contributed by atoms with Gasteiger partial charge in [-0.3, -0.25) is 14.5 Å². The van der Waals surface area contributed by atoms with Gasteiger partial charge in [-0.1, -0.05) is 55.1 Å². The predicted molar refractivity (Wildman–Crippen MR) is 146 cm³/mol. The van der Waals surface area contributed by atoms with Crippen LogP contribution >= 0.6 is 23.2 Å².